The highest BCUT2D eigenvalue weighted by Crippen LogP contribution is 2.38. The van der Waals surface area contributed by atoms with Gasteiger partial charge in [-0.1, -0.05) is 26.7 Å². The fourth-order valence-corrected chi connectivity index (χ4v) is 3.78. The van der Waals surface area contributed by atoms with E-state index in [0.29, 0.717) is 5.41 Å². The molecule has 114 valence electrons. The molecule has 0 amide bonds. The van der Waals surface area contributed by atoms with Gasteiger partial charge in [-0.3, -0.25) is 9.58 Å². The predicted molar refractivity (Wildman–Crippen MR) is 87.9 cm³/mol. The smallest absolute Gasteiger partial charge is 0.0739 e. The Kier molecular flexibility index (Phi) is 5.30. The lowest BCUT2D eigenvalue weighted by molar-refractivity contribution is 0.0890. The third-order valence-electron chi connectivity index (χ3n) is 5.24. The molecule has 4 heteroatoms. The molecule has 0 aliphatic carbocycles. The van der Waals surface area contributed by atoms with Crippen LogP contribution in [0.1, 0.15) is 57.8 Å². The van der Waals surface area contributed by atoms with Crippen LogP contribution in [0.4, 0.5) is 0 Å². The molecule has 0 aromatic carbocycles. The first-order chi connectivity index (χ1) is 9.55. The third kappa shape index (κ3) is 3.11. The van der Waals surface area contributed by atoms with Crippen LogP contribution in [-0.4, -0.2) is 27.8 Å². The Hall–Kier alpha value is -0.350. The maximum Gasteiger partial charge on any atom is 0.0739 e. The van der Waals surface area contributed by atoms with Gasteiger partial charge in [-0.25, -0.2) is 0 Å². The van der Waals surface area contributed by atoms with E-state index in [2.05, 4.69) is 58.3 Å². The van der Waals surface area contributed by atoms with Crippen molar-refractivity contribution >= 4 is 15.9 Å². The second kappa shape index (κ2) is 6.61. The largest absolute Gasteiger partial charge is 0.297 e. The monoisotopic (exact) mass is 341 g/mol. The van der Waals surface area contributed by atoms with Gasteiger partial charge in [-0.15, -0.1) is 0 Å². The second-order valence-corrected chi connectivity index (χ2v) is 6.94. The highest BCUT2D eigenvalue weighted by Gasteiger charge is 2.31. The summed E-state index contributed by atoms with van der Waals surface area (Å²) in [6.45, 7) is 13.4. The van der Waals surface area contributed by atoms with Gasteiger partial charge >= 0.3 is 0 Å². The van der Waals surface area contributed by atoms with Gasteiger partial charge < -0.3 is 0 Å². The summed E-state index contributed by atoms with van der Waals surface area (Å²) in [4.78, 5) is 2.59. The number of aryl methyl sites for hydroxylation is 2. The van der Waals surface area contributed by atoms with Crippen LogP contribution in [0.15, 0.2) is 4.47 Å². The third-order valence-corrected chi connectivity index (χ3v) is 6.27. The molecule has 2 heterocycles. The lowest BCUT2D eigenvalue weighted by Crippen LogP contribution is -2.39. The molecule has 0 saturated carbocycles. The minimum Gasteiger partial charge on any atom is -0.297 e. The van der Waals surface area contributed by atoms with E-state index in [-0.39, 0.29) is 0 Å². The van der Waals surface area contributed by atoms with Crippen molar-refractivity contribution in [1.29, 1.82) is 0 Å². The number of hydrogen-bond acceptors (Lipinski definition) is 2. The Morgan fingerprint density at radius 3 is 2.25 bits per heavy atom. The highest BCUT2D eigenvalue weighted by molar-refractivity contribution is 9.10. The molecule has 2 rings (SSSR count). The Morgan fingerprint density at radius 2 is 1.75 bits per heavy atom. The molecular formula is C16H28BrN3. The van der Waals surface area contributed by atoms with Gasteiger partial charge in [0.15, 0.2) is 0 Å². The van der Waals surface area contributed by atoms with Crippen molar-refractivity contribution in [1.82, 2.24) is 14.7 Å². The molecule has 20 heavy (non-hydrogen) atoms. The van der Waals surface area contributed by atoms with E-state index in [4.69, 9.17) is 0 Å². The van der Waals surface area contributed by atoms with Gasteiger partial charge in [0.1, 0.15) is 0 Å². The van der Waals surface area contributed by atoms with E-state index in [0.717, 1.165) is 18.8 Å². The minimum absolute atomic E-state index is 0.606. The zero-order valence-electron chi connectivity index (χ0n) is 13.4. The Balaban J connectivity index is 2.03. The van der Waals surface area contributed by atoms with Crippen LogP contribution in [0, 0.1) is 12.3 Å². The van der Waals surface area contributed by atoms with E-state index in [1.54, 1.807) is 0 Å². The molecule has 0 unspecified atom stereocenters. The van der Waals surface area contributed by atoms with Gasteiger partial charge in [0, 0.05) is 13.1 Å². The Bertz CT molecular complexity index is 439. The molecule has 0 bridgehead atoms. The van der Waals surface area contributed by atoms with Crippen molar-refractivity contribution in [2.45, 2.75) is 66.5 Å². The van der Waals surface area contributed by atoms with Crippen LogP contribution in [0.3, 0.4) is 0 Å². The van der Waals surface area contributed by atoms with E-state index in [9.17, 15) is 0 Å². The van der Waals surface area contributed by atoms with Crippen molar-refractivity contribution in [2.75, 3.05) is 13.1 Å². The number of nitrogens with zero attached hydrogens (tertiary/aromatic N) is 3. The first kappa shape index (κ1) is 16.0. The number of piperidine rings is 1. The quantitative estimate of drug-likeness (QED) is 0.792. The molecule has 0 N–H and O–H groups in total. The van der Waals surface area contributed by atoms with E-state index < -0.39 is 0 Å². The molecular weight excluding hydrogens is 314 g/mol. The lowest BCUT2D eigenvalue weighted by Gasteiger charge is -2.41. The second-order valence-electron chi connectivity index (χ2n) is 6.15. The summed E-state index contributed by atoms with van der Waals surface area (Å²) in [5, 5.41) is 4.60. The minimum atomic E-state index is 0.606. The zero-order chi connectivity index (χ0) is 14.8. The van der Waals surface area contributed by atoms with Crippen LogP contribution in [0.25, 0.3) is 0 Å². The topological polar surface area (TPSA) is 21.1 Å². The molecule has 1 aliphatic heterocycles. The molecule has 0 radical (unpaired) electrons. The average Bonchev–Trinajstić information content (AvgIpc) is 2.76. The molecule has 1 aromatic rings. The SMILES string of the molecule is CCn1nc(C)c(Br)c1CN1CCC(CC)(CC)CC1. The van der Waals surface area contributed by atoms with Crippen molar-refractivity contribution in [3.8, 4) is 0 Å². The fourth-order valence-electron chi connectivity index (χ4n) is 3.37. The van der Waals surface area contributed by atoms with E-state index >= 15 is 0 Å². The Labute approximate surface area is 131 Å². The summed E-state index contributed by atoms with van der Waals surface area (Å²) in [5.41, 5.74) is 3.05. The number of halogens is 1. The van der Waals surface area contributed by atoms with Crippen LogP contribution in [0.5, 0.6) is 0 Å². The first-order valence-corrected chi connectivity index (χ1v) is 8.78. The summed E-state index contributed by atoms with van der Waals surface area (Å²) in [6.07, 6.45) is 5.34. The summed E-state index contributed by atoms with van der Waals surface area (Å²) in [6, 6.07) is 0. The summed E-state index contributed by atoms with van der Waals surface area (Å²) in [7, 11) is 0. The van der Waals surface area contributed by atoms with E-state index in [1.165, 1.54) is 48.9 Å². The van der Waals surface area contributed by atoms with E-state index in [1.807, 2.05) is 0 Å². The highest BCUT2D eigenvalue weighted by atomic mass is 79.9. The number of hydrogen-bond donors (Lipinski definition) is 0. The van der Waals surface area contributed by atoms with Gasteiger partial charge in [0.25, 0.3) is 0 Å². The van der Waals surface area contributed by atoms with Gasteiger partial charge in [0.05, 0.1) is 15.9 Å². The van der Waals surface area contributed by atoms with Crippen molar-refractivity contribution in [2.24, 2.45) is 5.41 Å². The van der Waals surface area contributed by atoms with Crippen LogP contribution in [0.2, 0.25) is 0 Å². The number of likely N-dealkylation sites (tertiary alicyclic amines) is 1. The predicted octanol–water partition coefficient (Wildman–Crippen LogP) is 4.38. The fraction of sp³-hybridized carbons (Fsp3) is 0.812. The standard InChI is InChI=1S/C16H28BrN3/c1-5-16(6-2)8-10-19(11-9-16)12-14-15(17)13(4)18-20(14)7-3/h5-12H2,1-4H3. The summed E-state index contributed by atoms with van der Waals surface area (Å²) in [5.74, 6) is 0. The molecule has 0 atom stereocenters. The molecule has 1 saturated heterocycles. The van der Waals surface area contributed by atoms with Gasteiger partial charge in [-0.2, -0.15) is 5.10 Å². The van der Waals surface area contributed by atoms with Crippen LogP contribution >= 0.6 is 15.9 Å². The summed E-state index contributed by atoms with van der Waals surface area (Å²) >= 11 is 3.71. The lowest BCUT2D eigenvalue weighted by atomic mass is 9.74. The Morgan fingerprint density at radius 1 is 1.15 bits per heavy atom. The van der Waals surface area contributed by atoms with Crippen molar-refractivity contribution in [3.05, 3.63) is 15.9 Å². The summed E-state index contributed by atoms with van der Waals surface area (Å²) < 4.78 is 3.34. The molecule has 0 spiro atoms. The average molecular weight is 342 g/mol. The number of rotatable bonds is 5. The maximum absolute atomic E-state index is 4.60. The van der Waals surface area contributed by atoms with Gasteiger partial charge in [-0.05, 0) is 61.1 Å². The molecule has 3 nitrogen and oxygen atoms in total. The van der Waals surface area contributed by atoms with Crippen molar-refractivity contribution < 1.29 is 0 Å². The normalized spacial score (nSPS) is 19.4. The van der Waals surface area contributed by atoms with Gasteiger partial charge in [0.2, 0.25) is 0 Å². The zero-order valence-corrected chi connectivity index (χ0v) is 15.0. The molecule has 1 fully saturated rings. The molecule has 1 aliphatic rings. The number of aromatic nitrogens is 2. The van der Waals surface area contributed by atoms with Crippen LogP contribution < -0.4 is 0 Å². The van der Waals surface area contributed by atoms with Crippen LogP contribution in [-0.2, 0) is 13.1 Å². The maximum atomic E-state index is 4.60. The first-order valence-electron chi connectivity index (χ1n) is 7.99. The van der Waals surface area contributed by atoms with Crippen molar-refractivity contribution in [3.63, 3.8) is 0 Å². The molecule has 1 aromatic heterocycles.